The van der Waals surface area contributed by atoms with Crippen LogP contribution in [0.5, 0.6) is 0 Å². The zero-order chi connectivity index (χ0) is 29.3. The van der Waals surface area contributed by atoms with Gasteiger partial charge in [-0.05, 0) is 53.0 Å². The van der Waals surface area contributed by atoms with E-state index in [9.17, 15) is 27.8 Å². The number of benzene rings is 1. The molecule has 40 heavy (non-hydrogen) atoms. The Morgan fingerprint density at radius 1 is 1.27 bits per heavy atom. The highest BCUT2D eigenvalue weighted by Crippen LogP contribution is 2.50. The zero-order valence-corrected chi connectivity index (χ0v) is 23.7. The van der Waals surface area contributed by atoms with Crippen molar-refractivity contribution in [2.24, 2.45) is 5.41 Å². The van der Waals surface area contributed by atoms with Crippen LogP contribution in [0.1, 0.15) is 44.7 Å². The molecule has 3 aromatic rings. The molecule has 2 aromatic heterocycles. The van der Waals surface area contributed by atoms with Crippen molar-refractivity contribution >= 4 is 35.4 Å². The molecule has 0 unspecified atom stereocenters. The molecule has 1 atom stereocenters. The number of amides is 1. The number of hydrogen-bond acceptors (Lipinski definition) is 7. The Kier molecular flexibility index (Phi) is 6.45. The monoisotopic (exact) mass is 574 g/mol. The number of aromatic amines is 1. The average molecular weight is 575 g/mol. The lowest BCUT2D eigenvalue weighted by molar-refractivity contribution is -0.137. The third-order valence-corrected chi connectivity index (χ3v) is 9.02. The van der Waals surface area contributed by atoms with Crippen LogP contribution in [0.2, 0.25) is 0 Å². The van der Waals surface area contributed by atoms with Gasteiger partial charge in [-0.15, -0.1) is 0 Å². The van der Waals surface area contributed by atoms with Crippen LogP contribution in [0.3, 0.4) is 0 Å². The normalized spacial score (nSPS) is 18.7. The number of carbonyl (C=O) groups is 1. The number of fused-ring (bicyclic) bond motifs is 1. The zero-order valence-electron chi connectivity index (χ0n) is 22.8. The second kappa shape index (κ2) is 9.23. The highest BCUT2D eigenvalue weighted by molar-refractivity contribution is 7.70. The maximum absolute atomic E-state index is 14.1. The van der Waals surface area contributed by atoms with E-state index in [1.165, 1.54) is 31.7 Å². The summed E-state index contributed by atoms with van der Waals surface area (Å²) in [4.78, 5) is 25.2. The largest absolute Gasteiger partial charge is 0.444 e. The third-order valence-electron chi connectivity index (χ3n) is 7.47. The number of nitriles is 1. The van der Waals surface area contributed by atoms with Crippen LogP contribution < -0.4 is 10.6 Å². The van der Waals surface area contributed by atoms with E-state index < -0.39 is 24.5 Å². The first kappa shape index (κ1) is 28.0. The van der Waals surface area contributed by atoms with Gasteiger partial charge in [0.1, 0.15) is 18.3 Å². The first-order chi connectivity index (χ1) is 18.5. The molecule has 1 spiro atoms. The fourth-order valence-electron chi connectivity index (χ4n) is 5.52. The second-order valence-corrected chi connectivity index (χ2v) is 15.1. The van der Waals surface area contributed by atoms with Gasteiger partial charge in [0.15, 0.2) is 0 Å². The Morgan fingerprint density at radius 2 is 1.98 bits per heavy atom. The number of H-pyrrole nitrogens is 1. The minimum absolute atomic E-state index is 0.0441. The number of ether oxygens (including phenoxy) is 1. The number of hydrogen-bond donors (Lipinski definition) is 2. The van der Waals surface area contributed by atoms with E-state index in [4.69, 9.17) is 4.74 Å². The van der Waals surface area contributed by atoms with Crippen LogP contribution in [0.25, 0.3) is 22.2 Å². The number of aromatic nitrogens is 3. The van der Waals surface area contributed by atoms with Crippen molar-refractivity contribution < 1.29 is 27.3 Å². The Balaban J connectivity index is 1.47. The molecule has 5 rings (SSSR count). The number of nitrogens with one attached hydrogen (secondary N) is 2. The van der Waals surface area contributed by atoms with Crippen molar-refractivity contribution in [1.82, 2.24) is 19.9 Å². The summed E-state index contributed by atoms with van der Waals surface area (Å²) in [6.45, 7) is 9.38. The molecule has 1 amide bonds. The van der Waals surface area contributed by atoms with Crippen LogP contribution in [-0.4, -0.2) is 64.0 Å². The lowest BCUT2D eigenvalue weighted by Crippen LogP contribution is -2.70. The molecule has 13 heteroatoms. The van der Waals surface area contributed by atoms with Gasteiger partial charge >= 0.3 is 12.3 Å². The molecule has 2 aliphatic rings. The quantitative estimate of drug-likeness (QED) is 0.390. The van der Waals surface area contributed by atoms with E-state index >= 15 is 0 Å². The van der Waals surface area contributed by atoms with Gasteiger partial charge in [-0.3, -0.25) is 0 Å². The molecule has 3 heterocycles. The van der Waals surface area contributed by atoms with Gasteiger partial charge in [0, 0.05) is 47.9 Å². The summed E-state index contributed by atoms with van der Waals surface area (Å²) in [6, 6.07) is 4.91. The van der Waals surface area contributed by atoms with E-state index in [1.807, 2.05) is 6.07 Å². The Labute approximate surface area is 229 Å². The molecule has 212 valence electrons. The number of nitrogens with zero attached hydrogens (tertiary/aromatic N) is 4. The minimum atomic E-state index is -4.72. The predicted molar refractivity (Wildman–Crippen MR) is 145 cm³/mol. The van der Waals surface area contributed by atoms with Gasteiger partial charge < -0.3 is 24.5 Å². The lowest BCUT2D eigenvalue weighted by Gasteiger charge is -2.60. The number of carbonyl (C=O) groups excluding carboxylic acids is 1. The molecule has 2 N–H and O–H groups in total. The molecular weight excluding hydrogens is 544 g/mol. The Bertz CT molecular complexity index is 1590. The average Bonchev–Trinajstić information content (AvgIpc) is 3.21. The molecule has 2 fully saturated rings. The Hall–Kier alpha value is -3.58. The molecule has 0 radical (unpaired) electrons. The molecule has 1 saturated carbocycles. The molecule has 0 bridgehead atoms. The molecule has 1 aliphatic heterocycles. The Morgan fingerprint density at radius 3 is 2.52 bits per heavy atom. The summed E-state index contributed by atoms with van der Waals surface area (Å²) in [5.41, 5.74) is -1.45. The van der Waals surface area contributed by atoms with E-state index in [2.05, 4.69) is 20.3 Å². The first-order valence-corrected chi connectivity index (χ1v) is 15.4. The number of likely N-dealkylation sites (tertiary alicyclic amines) is 1. The molecule has 1 aromatic carbocycles. The van der Waals surface area contributed by atoms with Crippen molar-refractivity contribution in [2.75, 3.05) is 31.7 Å². The SMILES string of the molecule is CC(C)(C)OC(=O)N1CC2(CC[C@H]2Nc2ncc(C(F)(F)F)c(-c3c[nH]c4c(P(C)(C)=O)c(C#N)ccc34)n2)C1. The summed E-state index contributed by atoms with van der Waals surface area (Å²) >= 11 is 0. The van der Waals surface area contributed by atoms with Gasteiger partial charge in [-0.25, -0.2) is 14.8 Å². The van der Waals surface area contributed by atoms with Crippen molar-refractivity contribution in [3.05, 3.63) is 35.7 Å². The number of anilines is 1. The van der Waals surface area contributed by atoms with E-state index in [0.717, 1.165) is 19.0 Å². The van der Waals surface area contributed by atoms with Crippen LogP contribution in [0.15, 0.2) is 24.5 Å². The molecule has 1 saturated heterocycles. The van der Waals surface area contributed by atoms with Crippen LogP contribution in [0, 0.1) is 16.7 Å². The van der Waals surface area contributed by atoms with Crippen LogP contribution in [-0.2, 0) is 15.5 Å². The van der Waals surface area contributed by atoms with Crippen molar-refractivity contribution in [1.29, 1.82) is 5.26 Å². The van der Waals surface area contributed by atoms with E-state index in [0.29, 0.717) is 24.0 Å². The van der Waals surface area contributed by atoms with Crippen LogP contribution in [0.4, 0.5) is 23.9 Å². The summed E-state index contributed by atoms with van der Waals surface area (Å²) < 4.78 is 60.7. The molecule has 9 nitrogen and oxygen atoms in total. The predicted octanol–water partition coefficient (Wildman–Crippen LogP) is 5.57. The number of halogens is 3. The third kappa shape index (κ3) is 4.92. The minimum Gasteiger partial charge on any atom is -0.444 e. The van der Waals surface area contributed by atoms with Crippen molar-refractivity contribution in [3.63, 3.8) is 0 Å². The van der Waals surface area contributed by atoms with Gasteiger partial charge in [0.25, 0.3) is 0 Å². The highest BCUT2D eigenvalue weighted by Gasteiger charge is 2.57. The molecule has 1 aliphatic carbocycles. The summed E-state index contributed by atoms with van der Waals surface area (Å²) in [5, 5.41) is 13.4. The summed E-state index contributed by atoms with van der Waals surface area (Å²) in [5.74, 6) is 0.0441. The number of alkyl halides is 3. The highest BCUT2D eigenvalue weighted by atomic mass is 31.2. The maximum Gasteiger partial charge on any atom is 0.419 e. The van der Waals surface area contributed by atoms with Gasteiger partial charge in [0.2, 0.25) is 5.95 Å². The number of rotatable bonds is 4. The summed E-state index contributed by atoms with van der Waals surface area (Å²) in [7, 11) is -2.96. The van der Waals surface area contributed by atoms with E-state index in [-0.39, 0.29) is 45.6 Å². The topological polar surface area (TPSA) is 124 Å². The van der Waals surface area contributed by atoms with Crippen molar-refractivity contribution in [2.45, 2.75) is 51.4 Å². The fraction of sp³-hybridized carbons (Fsp3) is 0.481. The maximum atomic E-state index is 14.1. The smallest absolute Gasteiger partial charge is 0.419 e. The second-order valence-electron chi connectivity index (χ2n) is 11.9. The van der Waals surface area contributed by atoms with Gasteiger partial charge in [0.05, 0.1) is 28.1 Å². The van der Waals surface area contributed by atoms with Crippen molar-refractivity contribution in [3.8, 4) is 17.3 Å². The van der Waals surface area contributed by atoms with E-state index in [1.54, 1.807) is 25.7 Å². The standard InChI is InChI=1S/C27H30F3N6O3P/c1-25(2,3)39-24(37)36-13-26(14-36)9-8-19(26)34-23-33-12-18(27(28,29)30)20(35-23)17-11-32-21-16(17)7-6-15(10-31)22(21)40(4,5)38/h6-7,11-12,19,32H,8-9,13-14H2,1-5H3,(H,33,34,35)/t19-/m1/s1. The van der Waals surface area contributed by atoms with Gasteiger partial charge in [-0.2, -0.15) is 18.4 Å². The van der Waals surface area contributed by atoms with Crippen LogP contribution >= 0.6 is 7.14 Å². The van der Waals surface area contributed by atoms with Gasteiger partial charge in [-0.1, -0.05) is 6.07 Å². The lowest BCUT2D eigenvalue weighted by atomic mass is 9.59. The first-order valence-electron chi connectivity index (χ1n) is 12.8. The molecular formula is C27H30F3N6O3P. The fourth-order valence-corrected chi connectivity index (χ4v) is 6.95. The summed E-state index contributed by atoms with van der Waals surface area (Å²) in [6.07, 6.45) is -1.34.